The lowest BCUT2D eigenvalue weighted by Crippen LogP contribution is -2.13. The average Bonchev–Trinajstić information content (AvgIpc) is 3.28. The first-order valence-corrected chi connectivity index (χ1v) is 11.2. The molecule has 0 aliphatic rings. The van der Waals surface area contributed by atoms with Crippen molar-refractivity contribution in [3.05, 3.63) is 92.5 Å². The van der Waals surface area contributed by atoms with E-state index in [2.05, 4.69) is 20.4 Å². The second-order valence-corrected chi connectivity index (χ2v) is 8.53. The van der Waals surface area contributed by atoms with Crippen molar-refractivity contribution in [3.63, 3.8) is 0 Å². The average molecular weight is 471 g/mol. The molecule has 3 heterocycles. The van der Waals surface area contributed by atoms with Crippen LogP contribution in [0.5, 0.6) is 0 Å². The summed E-state index contributed by atoms with van der Waals surface area (Å²) in [5.41, 5.74) is 5.14. The summed E-state index contributed by atoms with van der Waals surface area (Å²) in [7, 11) is 0. The van der Waals surface area contributed by atoms with Crippen molar-refractivity contribution in [2.75, 3.05) is 5.32 Å². The molecule has 0 aliphatic carbocycles. The number of benzene rings is 2. The van der Waals surface area contributed by atoms with Crippen LogP contribution in [0.15, 0.2) is 74.5 Å². The molecule has 0 saturated carbocycles. The van der Waals surface area contributed by atoms with Crippen molar-refractivity contribution in [2.45, 2.75) is 26.8 Å². The largest absolute Gasteiger partial charge is 0.455 e. The van der Waals surface area contributed by atoms with Gasteiger partial charge in [0, 0.05) is 22.9 Å². The van der Waals surface area contributed by atoms with Gasteiger partial charge in [-0.15, -0.1) is 0 Å². The van der Waals surface area contributed by atoms with E-state index in [1.165, 1.54) is 0 Å². The minimum absolute atomic E-state index is 0.0329. The van der Waals surface area contributed by atoms with Gasteiger partial charge >= 0.3 is 4.84 Å². The van der Waals surface area contributed by atoms with Crippen molar-refractivity contribution in [2.24, 2.45) is 0 Å². The lowest BCUT2D eigenvalue weighted by molar-refractivity contribution is 0.406. The van der Waals surface area contributed by atoms with Crippen molar-refractivity contribution >= 4 is 28.9 Å². The Morgan fingerprint density at radius 3 is 2.62 bits per heavy atom. The smallest absolute Gasteiger partial charge is 0.314 e. The Hall–Kier alpha value is -4.04. The van der Waals surface area contributed by atoms with Gasteiger partial charge in [0.1, 0.15) is 17.0 Å². The highest BCUT2D eigenvalue weighted by Crippen LogP contribution is 2.33. The molecule has 0 aliphatic heterocycles. The Balaban J connectivity index is 1.64. The van der Waals surface area contributed by atoms with E-state index in [1.54, 1.807) is 13.1 Å². The van der Waals surface area contributed by atoms with Gasteiger partial charge in [-0.05, 0) is 56.8 Å². The molecule has 5 rings (SSSR count). The Morgan fingerprint density at radius 1 is 1.09 bits per heavy atom. The molecule has 34 heavy (non-hydrogen) atoms. The molecule has 0 amide bonds. The number of hydrogen-bond acceptors (Lipinski definition) is 7. The lowest BCUT2D eigenvalue weighted by Gasteiger charge is -2.19. The Labute approximate surface area is 200 Å². The maximum atomic E-state index is 13.3. The molecule has 7 nitrogen and oxygen atoms in total. The maximum Gasteiger partial charge on any atom is 0.314 e. The van der Waals surface area contributed by atoms with Crippen LogP contribution in [-0.2, 0) is 0 Å². The molecular formula is C26H22N4O3S. The standard InChI is InChI=1S/C26H22N4O3S/c1-14-12-18(16(3)28-20-10-7-11-27-21(20)25-29-26(34)33-30-25)24-19(13-14)22(31)15(2)23(32-24)17-8-5-4-6-9-17/h4-13,16,28H,1-3H3,(H,29,30,34)/t16-/m1/s1. The number of hydrogen-bond donors (Lipinski definition) is 2. The maximum absolute atomic E-state index is 13.3. The van der Waals surface area contributed by atoms with Crippen LogP contribution in [0.25, 0.3) is 33.8 Å². The van der Waals surface area contributed by atoms with E-state index >= 15 is 0 Å². The molecule has 0 unspecified atom stereocenters. The summed E-state index contributed by atoms with van der Waals surface area (Å²) in [6.07, 6.45) is 1.67. The number of nitrogens with zero attached hydrogens (tertiary/aromatic N) is 2. The van der Waals surface area contributed by atoms with Crippen molar-refractivity contribution in [1.82, 2.24) is 15.1 Å². The predicted molar refractivity (Wildman–Crippen MR) is 134 cm³/mol. The normalized spacial score (nSPS) is 12.1. The van der Waals surface area contributed by atoms with E-state index in [-0.39, 0.29) is 16.3 Å². The number of aromatic amines is 1. The topological polar surface area (TPSA) is 97.0 Å². The number of nitrogens with one attached hydrogen (secondary N) is 2. The minimum atomic E-state index is -0.213. The molecule has 0 spiro atoms. The fourth-order valence-corrected chi connectivity index (χ4v) is 4.24. The second-order valence-electron chi connectivity index (χ2n) is 8.18. The monoisotopic (exact) mass is 470 g/mol. The molecule has 0 saturated heterocycles. The first kappa shape index (κ1) is 21.8. The van der Waals surface area contributed by atoms with Crippen LogP contribution in [0, 0.1) is 18.7 Å². The van der Waals surface area contributed by atoms with Gasteiger partial charge in [-0.2, -0.15) is 10.1 Å². The molecular weight excluding hydrogens is 448 g/mol. The molecule has 2 aromatic carbocycles. The molecule has 0 bridgehead atoms. The highest BCUT2D eigenvalue weighted by molar-refractivity contribution is 7.71. The van der Waals surface area contributed by atoms with Gasteiger partial charge < -0.3 is 14.3 Å². The van der Waals surface area contributed by atoms with Crippen molar-refractivity contribution in [1.29, 1.82) is 0 Å². The first-order chi connectivity index (χ1) is 16.4. The molecule has 170 valence electrons. The Kier molecular flexibility index (Phi) is 5.59. The number of pyridine rings is 1. The minimum Gasteiger partial charge on any atom is -0.455 e. The number of rotatable bonds is 5. The van der Waals surface area contributed by atoms with Crippen molar-refractivity contribution in [3.8, 4) is 22.8 Å². The summed E-state index contributed by atoms with van der Waals surface area (Å²) in [4.78, 5) is 22.0. The quantitative estimate of drug-likeness (QED) is 0.289. The number of aromatic nitrogens is 3. The SMILES string of the molecule is Cc1cc([C@@H](C)Nc2cccnc2-c2nc(=S)o[nH]2)c2oc(-c3ccccc3)c(C)c(=O)c2c1. The van der Waals surface area contributed by atoms with Crippen LogP contribution in [-0.4, -0.2) is 15.1 Å². The van der Waals surface area contributed by atoms with Gasteiger partial charge in [0.2, 0.25) is 0 Å². The molecule has 0 radical (unpaired) electrons. The highest BCUT2D eigenvalue weighted by Gasteiger charge is 2.20. The number of H-pyrrole nitrogens is 1. The lowest BCUT2D eigenvalue weighted by atomic mass is 9.98. The van der Waals surface area contributed by atoms with Gasteiger partial charge in [-0.25, -0.2) is 0 Å². The van der Waals surface area contributed by atoms with Gasteiger partial charge in [0.15, 0.2) is 11.3 Å². The highest BCUT2D eigenvalue weighted by atomic mass is 32.1. The first-order valence-electron chi connectivity index (χ1n) is 10.8. The van der Waals surface area contributed by atoms with Crippen LogP contribution in [0.4, 0.5) is 5.69 Å². The summed E-state index contributed by atoms with van der Waals surface area (Å²) >= 11 is 4.98. The van der Waals surface area contributed by atoms with Gasteiger partial charge in [-0.3, -0.25) is 9.78 Å². The summed E-state index contributed by atoms with van der Waals surface area (Å²) in [6.45, 7) is 5.79. The van der Waals surface area contributed by atoms with Gasteiger partial charge in [-0.1, -0.05) is 36.4 Å². The fraction of sp³-hybridized carbons (Fsp3) is 0.154. The molecule has 5 aromatic rings. The number of aryl methyl sites for hydroxylation is 1. The third-order valence-electron chi connectivity index (χ3n) is 5.74. The van der Waals surface area contributed by atoms with Crippen LogP contribution in [0.2, 0.25) is 0 Å². The summed E-state index contributed by atoms with van der Waals surface area (Å²) in [5.74, 6) is 1.01. The molecule has 8 heteroatoms. The van der Waals surface area contributed by atoms with E-state index in [0.717, 1.165) is 22.4 Å². The van der Waals surface area contributed by atoms with Gasteiger partial charge in [0.25, 0.3) is 0 Å². The zero-order valence-corrected chi connectivity index (χ0v) is 19.7. The van der Waals surface area contributed by atoms with Crippen LogP contribution in [0.3, 0.4) is 0 Å². The van der Waals surface area contributed by atoms with E-state index in [1.807, 2.05) is 68.4 Å². The summed E-state index contributed by atoms with van der Waals surface area (Å²) in [6, 6.07) is 17.1. The molecule has 0 fully saturated rings. The Morgan fingerprint density at radius 2 is 1.88 bits per heavy atom. The zero-order chi connectivity index (χ0) is 23.8. The van der Waals surface area contributed by atoms with Gasteiger partial charge in [0.05, 0.1) is 17.1 Å². The summed E-state index contributed by atoms with van der Waals surface area (Å²) in [5, 5.41) is 6.75. The Bertz CT molecular complexity index is 1620. The van der Waals surface area contributed by atoms with E-state index < -0.39 is 0 Å². The van der Waals surface area contributed by atoms with Crippen LogP contribution in [0.1, 0.15) is 29.7 Å². The van der Waals surface area contributed by atoms with Crippen molar-refractivity contribution < 1.29 is 8.94 Å². The molecule has 1 atom stereocenters. The van der Waals surface area contributed by atoms with E-state index in [0.29, 0.717) is 33.8 Å². The number of anilines is 1. The van der Waals surface area contributed by atoms with E-state index in [4.69, 9.17) is 21.2 Å². The molecule has 2 N–H and O–H groups in total. The third-order valence-corrected chi connectivity index (χ3v) is 5.91. The molecule has 3 aromatic heterocycles. The van der Waals surface area contributed by atoms with Crippen LogP contribution >= 0.6 is 12.2 Å². The summed E-state index contributed by atoms with van der Waals surface area (Å²) < 4.78 is 11.5. The third kappa shape index (κ3) is 3.92. The second kappa shape index (κ2) is 8.72. The van der Waals surface area contributed by atoms with Crippen LogP contribution < -0.4 is 10.7 Å². The predicted octanol–water partition coefficient (Wildman–Crippen LogP) is 6.36. The van der Waals surface area contributed by atoms with E-state index in [9.17, 15) is 4.79 Å². The number of fused-ring (bicyclic) bond motifs is 1. The fourth-order valence-electron chi connectivity index (χ4n) is 4.11. The zero-order valence-electron chi connectivity index (χ0n) is 18.9.